The number of guanidine groups is 1. The standard InChI is InChI=1S/C19H31N3O4S/c1-4-20-19(21-11-15-8-9-27(24,25)13-15)22-12-18(23)16-6-5-7-17(10-16)26-14(2)3/h5-7,10,14-15,18,23H,4,8-9,11-13H2,1-3H3,(H2,20,21,22). The Morgan fingerprint density at radius 1 is 1.37 bits per heavy atom. The van der Waals surface area contributed by atoms with Crippen LogP contribution in [0, 0.1) is 5.92 Å². The number of sulfone groups is 1. The number of aliphatic imine (C=N–C) groups is 1. The minimum absolute atomic E-state index is 0.0689. The van der Waals surface area contributed by atoms with Gasteiger partial charge in [-0.05, 0) is 50.8 Å². The monoisotopic (exact) mass is 397 g/mol. The van der Waals surface area contributed by atoms with Crippen molar-refractivity contribution in [2.75, 3.05) is 31.1 Å². The molecule has 7 nitrogen and oxygen atoms in total. The number of aliphatic hydroxyl groups excluding tert-OH is 1. The smallest absolute Gasteiger partial charge is 0.191 e. The van der Waals surface area contributed by atoms with Crippen LogP contribution >= 0.6 is 0 Å². The zero-order valence-electron chi connectivity index (χ0n) is 16.3. The van der Waals surface area contributed by atoms with Crippen molar-refractivity contribution in [3.8, 4) is 5.75 Å². The van der Waals surface area contributed by atoms with E-state index in [-0.39, 0.29) is 30.1 Å². The Balaban J connectivity index is 1.93. The van der Waals surface area contributed by atoms with E-state index in [1.165, 1.54) is 0 Å². The molecule has 3 N–H and O–H groups in total. The van der Waals surface area contributed by atoms with E-state index in [4.69, 9.17) is 4.74 Å². The largest absolute Gasteiger partial charge is 0.491 e. The molecular formula is C19H31N3O4S. The quantitative estimate of drug-likeness (QED) is 0.454. The normalized spacial score (nSPS) is 20.5. The predicted octanol–water partition coefficient (Wildman–Crippen LogP) is 1.50. The predicted molar refractivity (Wildman–Crippen MR) is 108 cm³/mol. The van der Waals surface area contributed by atoms with E-state index in [0.29, 0.717) is 25.5 Å². The van der Waals surface area contributed by atoms with Gasteiger partial charge in [0.05, 0.1) is 30.3 Å². The van der Waals surface area contributed by atoms with Crippen molar-refractivity contribution in [2.24, 2.45) is 10.9 Å². The molecule has 1 aliphatic rings. The average Bonchev–Trinajstić information content (AvgIpc) is 2.95. The van der Waals surface area contributed by atoms with Gasteiger partial charge in [-0.25, -0.2) is 8.42 Å². The van der Waals surface area contributed by atoms with Crippen molar-refractivity contribution in [3.63, 3.8) is 0 Å². The van der Waals surface area contributed by atoms with Crippen LogP contribution < -0.4 is 15.4 Å². The summed E-state index contributed by atoms with van der Waals surface area (Å²) in [4.78, 5) is 4.43. The number of rotatable bonds is 8. The topological polar surface area (TPSA) is 100 Å². The highest BCUT2D eigenvalue weighted by Crippen LogP contribution is 2.21. The van der Waals surface area contributed by atoms with Gasteiger partial charge in [-0.15, -0.1) is 0 Å². The van der Waals surface area contributed by atoms with Crippen LogP contribution in [-0.2, 0) is 9.84 Å². The first kappa shape index (κ1) is 21.5. The van der Waals surface area contributed by atoms with Gasteiger partial charge in [-0.1, -0.05) is 12.1 Å². The average molecular weight is 398 g/mol. The van der Waals surface area contributed by atoms with Crippen molar-refractivity contribution in [2.45, 2.75) is 39.4 Å². The fourth-order valence-electron chi connectivity index (χ4n) is 2.97. The van der Waals surface area contributed by atoms with Crippen LogP contribution in [-0.4, -0.2) is 56.7 Å². The van der Waals surface area contributed by atoms with E-state index in [1.807, 2.05) is 45.0 Å². The molecule has 1 saturated heterocycles. The van der Waals surface area contributed by atoms with Gasteiger partial charge in [0.1, 0.15) is 5.75 Å². The maximum atomic E-state index is 11.6. The number of nitrogens with zero attached hydrogens (tertiary/aromatic N) is 1. The molecule has 152 valence electrons. The summed E-state index contributed by atoms with van der Waals surface area (Å²) in [5, 5.41) is 16.8. The Kier molecular flexibility index (Phi) is 7.91. The molecule has 0 saturated carbocycles. The lowest BCUT2D eigenvalue weighted by Crippen LogP contribution is -2.40. The molecule has 0 aliphatic carbocycles. The number of nitrogens with one attached hydrogen (secondary N) is 2. The fourth-order valence-corrected chi connectivity index (χ4v) is 4.83. The van der Waals surface area contributed by atoms with E-state index in [9.17, 15) is 13.5 Å². The van der Waals surface area contributed by atoms with Gasteiger partial charge in [0.15, 0.2) is 15.8 Å². The summed E-state index contributed by atoms with van der Waals surface area (Å²) in [5.74, 6) is 1.90. The molecule has 27 heavy (non-hydrogen) atoms. The molecule has 0 spiro atoms. The first-order chi connectivity index (χ1) is 12.8. The molecule has 0 bridgehead atoms. The van der Waals surface area contributed by atoms with Crippen molar-refractivity contribution in [1.29, 1.82) is 0 Å². The van der Waals surface area contributed by atoms with Gasteiger partial charge < -0.3 is 20.5 Å². The Morgan fingerprint density at radius 2 is 2.15 bits per heavy atom. The minimum atomic E-state index is -2.88. The number of hydrogen-bond acceptors (Lipinski definition) is 5. The van der Waals surface area contributed by atoms with Gasteiger partial charge in [0.2, 0.25) is 0 Å². The number of ether oxygens (including phenoxy) is 1. The number of aliphatic hydroxyl groups is 1. The summed E-state index contributed by atoms with van der Waals surface area (Å²) in [6, 6.07) is 7.38. The van der Waals surface area contributed by atoms with Crippen LogP contribution in [0.1, 0.15) is 38.9 Å². The maximum absolute atomic E-state index is 11.6. The molecule has 2 rings (SSSR count). The zero-order chi connectivity index (χ0) is 19.9. The lowest BCUT2D eigenvalue weighted by Gasteiger charge is -2.16. The van der Waals surface area contributed by atoms with Gasteiger partial charge in [-0.3, -0.25) is 4.99 Å². The van der Waals surface area contributed by atoms with Crippen molar-refractivity contribution < 1.29 is 18.3 Å². The molecule has 2 atom stereocenters. The molecule has 1 heterocycles. The lowest BCUT2D eigenvalue weighted by molar-refractivity contribution is 0.185. The van der Waals surface area contributed by atoms with Crippen LogP contribution in [0.5, 0.6) is 5.75 Å². The van der Waals surface area contributed by atoms with E-state index >= 15 is 0 Å². The first-order valence-electron chi connectivity index (χ1n) is 9.46. The van der Waals surface area contributed by atoms with Crippen LogP contribution in [0.15, 0.2) is 29.3 Å². The third-order valence-electron chi connectivity index (χ3n) is 4.27. The second-order valence-corrected chi connectivity index (χ2v) is 9.35. The molecule has 0 radical (unpaired) electrons. The molecule has 2 unspecified atom stereocenters. The van der Waals surface area contributed by atoms with Crippen LogP contribution in [0.2, 0.25) is 0 Å². The second-order valence-electron chi connectivity index (χ2n) is 7.12. The Morgan fingerprint density at radius 3 is 2.78 bits per heavy atom. The van der Waals surface area contributed by atoms with E-state index in [2.05, 4.69) is 15.6 Å². The van der Waals surface area contributed by atoms with Gasteiger partial charge >= 0.3 is 0 Å². The highest BCUT2D eigenvalue weighted by Gasteiger charge is 2.27. The van der Waals surface area contributed by atoms with Crippen LogP contribution in [0.4, 0.5) is 0 Å². The highest BCUT2D eigenvalue weighted by atomic mass is 32.2. The Labute approximate surface area is 162 Å². The Bertz CT molecular complexity index is 734. The Hall–Kier alpha value is -1.80. The van der Waals surface area contributed by atoms with Gasteiger partial charge in [-0.2, -0.15) is 0 Å². The van der Waals surface area contributed by atoms with E-state index in [0.717, 1.165) is 11.3 Å². The number of hydrogen-bond donors (Lipinski definition) is 3. The summed E-state index contributed by atoms with van der Waals surface area (Å²) in [6.45, 7) is 7.31. The zero-order valence-corrected chi connectivity index (χ0v) is 17.1. The first-order valence-corrected chi connectivity index (χ1v) is 11.3. The molecule has 1 fully saturated rings. The molecule has 0 amide bonds. The molecule has 1 aromatic rings. The van der Waals surface area contributed by atoms with Crippen molar-refractivity contribution >= 4 is 15.8 Å². The summed E-state index contributed by atoms with van der Waals surface area (Å²) in [7, 11) is -2.88. The third-order valence-corrected chi connectivity index (χ3v) is 6.10. The van der Waals surface area contributed by atoms with Crippen molar-refractivity contribution in [3.05, 3.63) is 29.8 Å². The maximum Gasteiger partial charge on any atom is 0.191 e. The third kappa shape index (κ3) is 7.38. The van der Waals surface area contributed by atoms with E-state index < -0.39 is 15.9 Å². The van der Waals surface area contributed by atoms with E-state index in [1.54, 1.807) is 0 Å². The van der Waals surface area contributed by atoms with Crippen LogP contribution in [0.3, 0.4) is 0 Å². The fraction of sp³-hybridized carbons (Fsp3) is 0.632. The summed E-state index contributed by atoms with van der Waals surface area (Å²) in [6.07, 6.45) is 0.00223. The van der Waals surface area contributed by atoms with Gasteiger partial charge in [0, 0.05) is 13.1 Å². The highest BCUT2D eigenvalue weighted by molar-refractivity contribution is 7.91. The summed E-state index contributed by atoms with van der Waals surface area (Å²) >= 11 is 0. The molecule has 0 aromatic heterocycles. The molecule has 1 aliphatic heterocycles. The summed E-state index contributed by atoms with van der Waals surface area (Å²) < 4.78 is 28.8. The minimum Gasteiger partial charge on any atom is -0.491 e. The molecule has 1 aromatic carbocycles. The number of benzene rings is 1. The van der Waals surface area contributed by atoms with Gasteiger partial charge in [0.25, 0.3) is 0 Å². The van der Waals surface area contributed by atoms with Crippen molar-refractivity contribution in [1.82, 2.24) is 10.6 Å². The molecular weight excluding hydrogens is 366 g/mol. The van der Waals surface area contributed by atoms with Crippen LogP contribution in [0.25, 0.3) is 0 Å². The second kappa shape index (κ2) is 9.94. The lowest BCUT2D eigenvalue weighted by atomic mass is 10.1. The molecule has 8 heteroatoms. The SMILES string of the molecule is CCNC(=NCC(O)c1cccc(OC(C)C)c1)NCC1CCS(=O)(=O)C1. The summed E-state index contributed by atoms with van der Waals surface area (Å²) in [5.41, 5.74) is 0.745.